The average molecular weight is 411 g/mol. The van der Waals surface area contributed by atoms with E-state index in [4.69, 9.17) is 0 Å². The lowest BCUT2D eigenvalue weighted by atomic mass is 9.96. The van der Waals surface area contributed by atoms with E-state index in [1.165, 1.54) is 35.0 Å². The first kappa shape index (κ1) is 20.7. The van der Waals surface area contributed by atoms with Crippen LogP contribution in [0.3, 0.4) is 0 Å². The number of pyridine rings is 1. The van der Waals surface area contributed by atoms with Crippen LogP contribution < -0.4 is 5.56 Å². The fraction of sp³-hybridized carbons (Fsp3) is 0.190. The monoisotopic (exact) mass is 411 g/mol. The molecule has 0 aliphatic carbocycles. The highest BCUT2D eigenvalue weighted by atomic mass is 19.4. The second-order valence-corrected chi connectivity index (χ2v) is 6.55. The van der Waals surface area contributed by atoms with Gasteiger partial charge in [-0.3, -0.25) is 4.79 Å². The quantitative estimate of drug-likeness (QED) is 0.497. The highest BCUT2D eigenvalue weighted by Gasteiger charge is 2.32. The molecule has 0 saturated carbocycles. The predicted molar refractivity (Wildman–Crippen MR) is 95.6 cm³/mol. The molecule has 0 saturated heterocycles. The fourth-order valence-electron chi connectivity index (χ4n) is 3.05. The van der Waals surface area contributed by atoms with Gasteiger partial charge in [0.05, 0.1) is 17.2 Å². The lowest BCUT2D eigenvalue weighted by Crippen LogP contribution is -2.27. The van der Waals surface area contributed by atoms with E-state index in [0.29, 0.717) is 16.7 Å². The van der Waals surface area contributed by atoms with E-state index in [2.05, 4.69) is 0 Å². The van der Waals surface area contributed by atoms with Crippen LogP contribution in [0.5, 0.6) is 0 Å². The van der Waals surface area contributed by atoms with Gasteiger partial charge in [-0.05, 0) is 48.4 Å². The molecule has 8 heteroatoms. The van der Waals surface area contributed by atoms with Gasteiger partial charge in [-0.25, -0.2) is 0 Å². The molecular weight excluding hydrogens is 396 g/mol. The van der Waals surface area contributed by atoms with Crippen molar-refractivity contribution in [2.45, 2.75) is 25.3 Å². The molecule has 0 aliphatic heterocycles. The van der Waals surface area contributed by atoms with Crippen LogP contribution >= 0.6 is 0 Å². The Balaban J connectivity index is 2.15. The smallest absolute Gasteiger partial charge is 0.304 e. The van der Waals surface area contributed by atoms with Gasteiger partial charge in [0.2, 0.25) is 0 Å². The second-order valence-electron chi connectivity index (χ2n) is 6.55. The molecule has 2 nitrogen and oxygen atoms in total. The van der Waals surface area contributed by atoms with Crippen molar-refractivity contribution in [3.05, 3.63) is 105 Å². The summed E-state index contributed by atoms with van der Waals surface area (Å²) in [5.41, 5.74) is -1.03. The van der Waals surface area contributed by atoms with Gasteiger partial charge in [0, 0.05) is 11.8 Å². The lowest BCUT2D eigenvalue weighted by Gasteiger charge is -2.22. The minimum absolute atomic E-state index is 0.338. The molecule has 3 aromatic rings. The van der Waals surface area contributed by atoms with Gasteiger partial charge in [0.1, 0.15) is 0 Å². The van der Waals surface area contributed by atoms with Gasteiger partial charge in [-0.15, -0.1) is 0 Å². The largest absolute Gasteiger partial charge is 0.416 e. The third-order valence-corrected chi connectivity index (χ3v) is 4.55. The molecule has 0 spiro atoms. The second kappa shape index (κ2) is 7.42. The van der Waals surface area contributed by atoms with Crippen molar-refractivity contribution in [3.8, 4) is 0 Å². The molecule has 1 aromatic heterocycles. The number of aryl methyl sites for hydroxylation is 1. The summed E-state index contributed by atoms with van der Waals surface area (Å²) in [5, 5.41) is 0. The Kier molecular flexibility index (Phi) is 5.30. The van der Waals surface area contributed by atoms with Crippen molar-refractivity contribution in [2.24, 2.45) is 0 Å². The molecule has 0 unspecified atom stereocenters. The van der Waals surface area contributed by atoms with Crippen LogP contribution in [0.4, 0.5) is 26.3 Å². The zero-order valence-corrected chi connectivity index (χ0v) is 15.1. The highest BCUT2D eigenvalue weighted by Crippen LogP contribution is 2.34. The van der Waals surface area contributed by atoms with Crippen molar-refractivity contribution >= 4 is 0 Å². The number of halogens is 6. The molecule has 0 atom stereocenters. The van der Waals surface area contributed by atoms with E-state index in [-0.39, 0.29) is 0 Å². The first-order valence-electron chi connectivity index (χ1n) is 8.50. The maximum absolute atomic E-state index is 12.9. The first-order chi connectivity index (χ1) is 13.5. The summed E-state index contributed by atoms with van der Waals surface area (Å²) < 4.78 is 78.6. The van der Waals surface area contributed by atoms with Gasteiger partial charge in [0.15, 0.2) is 0 Å². The van der Waals surface area contributed by atoms with Crippen molar-refractivity contribution < 1.29 is 26.3 Å². The molecule has 0 N–H and O–H groups in total. The number of rotatable bonds is 3. The number of nitrogens with zero attached hydrogens (tertiary/aromatic N) is 1. The van der Waals surface area contributed by atoms with Gasteiger partial charge < -0.3 is 4.57 Å². The third kappa shape index (κ3) is 4.36. The summed E-state index contributed by atoms with van der Waals surface area (Å²) in [4.78, 5) is 12.6. The molecule has 152 valence electrons. The minimum Gasteiger partial charge on any atom is -0.304 e. The number of hydrogen-bond donors (Lipinski definition) is 0. The normalized spacial score (nSPS) is 12.4. The maximum Gasteiger partial charge on any atom is 0.416 e. The zero-order chi connectivity index (χ0) is 21.4. The summed E-state index contributed by atoms with van der Waals surface area (Å²) in [6.45, 7) is 1.58. The Labute approximate surface area is 162 Å². The van der Waals surface area contributed by atoms with E-state index in [9.17, 15) is 31.1 Å². The number of aromatic nitrogens is 1. The van der Waals surface area contributed by atoms with Gasteiger partial charge >= 0.3 is 12.4 Å². The first-order valence-corrected chi connectivity index (χ1v) is 8.50. The molecule has 29 heavy (non-hydrogen) atoms. The van der Waals surface area contributed by atoms with Crippen molar-refractivity contribution in [1.82, 2.24) is 4.57 Å². The van der Waals surface area contributed by atoms with Crippen LogP contribution in [-0.4, -0.2) is 4.57 Å². The average Bonchev–Trinajstić information content (AvgIpc) is 2.65. The molecule has 0 amide bonds. The molecule has 1 heterocycles. The van der Waals surface area contributed by atoms with E-state index in [1.54, 1.807) is 19.1 Å². The fourth-order valence-corrected chi connectivity index (χ4v) is 3.05. The van der Waals surface area contributed by atoms with E-state index < -0.39 is 35.1 Å². The topological polar surface area (TPSA) is 22.0 Å². The Morgan fingerprint density at radius 1 is 0.724 bits per heavy atom. The zero-order valence-electron chi connectivity index (χ0n) is 15.1. The van der Waals surface area contributed by atoms with E-state index in [1.807, 2.05) is 0 Å². The SMILES string of the molecule is Cc1cccn(C(c2ccc(C(F)(F)F)cc2)c2ccc(C(F)(F)F)cc2)c1=O. The maximum atomic E-state index is 12.9. The van der Waals surface area contributed by atoms with Gasteiger partial charge in [0.25, 0.3) is 5.56 Å². The van der Waals surface area contributed by atoms with E-state index in [0.717, 1.165) is 24.3 Å². The number of alkyl halides is 6. The molecule has 0 bridgehead atoms. The lowest BCUT2D eigenvalue weighted by molar-refractivity contribution is -0.138. The number of hydrogen-bond acceptors (Lipinski definition) is 1. The van der Waals surface area contributed by atoms with Crippen LogP contribution in [0.2, 0.25) is 0 Å². The van der Waals surface area contributed by atoms with Crippen LogP contribution in [0.15, 0.2) is 71.7 Å². The van der Waals surface area contributed by atoms with Crippen LogP contribution in [0.1, 0.15) is 33.9 Å². The minimum atomic E-state index is -4.53. The Morgan fingerprint density at radius 2 is 1.14 bits per heavy atom. The molecular formula is C21H15F6NO. The van der Waals surface area contributed by atoms with Gasteiger partial charge in [-0.1, -0.05) is 30.3 Å². The highest BCUT2D eigenvalue weighted by molar-refractivity contribution is 5.37. The summed E-state index contributed by atoms with van der Waals surface area (Å²) in [5.74, 6) is 0. The molecule has 2 aromatic carbocycles. The van der Waals surface area contributed by atoms with Crippen molar-refractivity contribution in [1.29, 1.82) is 0 Å². The Morgan fingerprint density at radius 3 is 1.52 bits per heavy atom. The van der Waals surface area contributed by atoms with Crippen LogP contribution in [-0.2, 0) is 12.4 Å². The Hall–Kier alpha value is -3.03. The summed E-state index contributed by atoms with van der Waals surface area (Å²) in [6, 6.07) is 10.7. The molecule has 0 radical (unpaired) electrons. The van der Waals surface area contributed by atoms with Crippen LogP contribution in [0.25, 0.3) is 0 Å². The van der Waals surface area contributed by atoms with Crippen molar-refractivity contribution in [2.75, 3.05) is 0 Å². The summed E-state index contributed by atoms with van der Waals surface area (Å²) in [7, 11) is 0. The Bertz CT molecular complexity index is 989. The standard InChI is InChI=1S/C21H15F6NO/c1-13-3-2-12-28(19(13)29)18(14-4-8-16(9-5-14)20(22,23)24)15-6-10-17(11-7-15)21(25,26)27/h2-12,18H,1H3. The third-order valence-electron chi connectivity index (χ3n) is 4.55. The van der Waals surface area contributed by atoms with Gasteiger partial charge in [-0.2, -0.15) is 26.3 Å². The van der Waals surface area contributed by atoms with Crippen LogP contribution in [0, 0.1) is 6.92 Å². The summed E-state index contributed by atoms with van der Waals surface area (Å²) >= 11 is 0. The van der Waals surface area contributed by atoms with Crippen molar-refractivity contribution in [3.63, 3.8) is 0 Å². The summed E-state index contributed by atoms with van der Waals surface area (Å²) in [6.07, 6.45) is -7.60. The number of benzene rings is 2. The van der Waals surface area contributed by atoms with E-state index >= 15 is 0 Å². The predicted octanol–water partition coefficient (Wildman–Crippen LogP) is 5.83. The molecule has 3 rings (SSSR count). The molecule has 0 fully saturated rings. The molecule has 0 aliphatic rings.